The first-order valence-corrected chi connectivity index (χ1v) is 7.98. The summed E-state index contributed by atoms with van der Waals surface area (Å²) in [4.78, 5) is 21.8. The molecule has 23 heavy (non-hydrogen) atoms. The van der Waals surface area contributed by atoms with Crippen LogP contribution in [0.15, 0.2) is 71.5 Å². The maximum atomic E-state index is 12.9. The van der Waals surface area contributed by atoms with Crippen LogP contribution >= 0.6 is 15.9 Å². The lowest BCUT2D eigenvalue weighted by Crippen LogP contribution is -2.06. The molecular weight excluding hydrogens is 352 g/mol. The Kier molecular flexibility index (Phi) is 3.39. The molecule has 0 atom stereocenters. The molecule has 0 aliphatic rings. The molecule has 0 amide bonds. The summed E-state index contributed by atoms with van der Waals surface area (Å²) < 4.78 is 0.632. The predicted molar refractivity (Wildman–Crippen MR) is 94.6 cm³/mol. The molecule has 0 aliphatic heterocycles. The van der Waals surface area contributed by atoms with E-state index in [0.717, 1.165) is 21.7 Å². The Balaban J connectivity index is 2.11. The van der Waals surface area contributed by atoms with Gasteiger partial charge in [-0.15, -0.1) is 0 Å². The van der Waals surface area contributed by atoms with E-state index in [9.17, 15) is 4.79 Å². The van der Waals surface area contributed by atoms with Crippen LogP contribution in [-0.4, -0.2) is 15.8 Å². The van der Waals surface area contributed by atoms with Gasteiger partial charge in [-0.2, -0.15) is 0 Å². The summed E-state index contributed by atoms with van der Waals surface area (Å²) in [5.41, 5.74) is 1.84. The molecule has 2 heterocycles. The van der Waals surface area contributed by atoms with Gasteiger partial charge < -0.3 is 0 Å². The third kappa shape index (κ3) is 2.32. The molecule has 4 rings (SSSR count). The fraction of sp³-hybridized carbons (Fsp3) is 0. The second-order valence-corrected chi connectivity index (χ2v) is 5.95. The highest BCUT2D eigenvalue weighted by molar-refractivity contribution is 9.10. The van der Waals surface area contributed by atoms with Crippen LogP contribution < -0.4 is 0 Å². The molecule has 0 bridgehead atoms. The first-order chi connectivity index (χ1) is 11.3. The third-order valence-electron chi connectivity index (χ3n) is 3.82. The largest absolute Gasteiger partial charge is 0.287 e. The molecule has 4 heteroatoms. The molecule has 0 N–H and O–H groups in total. The van der Waals surface area contributed by atoms with Gasteiger partial charge >= 0.3 is 0 Å². The van der Waals surface area contributed by atoms with Crippen molar-refractivity contribution in [2.24, 2.45) is 0 Å². The van der Waals surface area contributed by atoms with Crippen molar-refractivity contribution in [3.63, 3.8) is 0 Å². The van der Waals surface area contributed by atoms with Crippen molar-refractivity contribution in [3.8, 4) is 0 Å². The Morgan fingerprint density at radius 2 is 1.61 bits per heavy atom. The van der Waals surface area contributed by atoms with E-state index in [0.29, 0.717) is 15.9 Å². The monoisotopic (exact) mass is 362 g/mol. The Labute approximate surface area is 141 Å². The smallest absolute Gasteiger partial charge is 0.212 e. The number of aromatic nitrogens is 2. The van der Waals surface area contributed by atoms with Gasteiger partial charge in [0.25, 0.3) is 0 Å². The fourth-order valence-corrected chi connectivity index (χ4v) is 3.27. The lowest BCUT2D eigenvalue weighted by Gasteiger charge is -2.10. The number of para-hydroxylation sites is 1. The normalized spacial score (nSPS) is 11.0. The summed E-state index contributed by atoms with van der Waals surface area (Å²) in [5, 5.41) is 2.73. The van der Waals surface area contributed by atoms with Crippen LogP contribution in [0.3, 0.4) is 0 Å². The van der Waals surface area contributed by atoms with Crippen molar-refractivity contribution < 1.29 is 4.79 Å². The zero-order valence-electron chi connectivity index (χ0n) is 12.0. The topological polar surface area (TPSA) is 42.9 Å². The molecule has 0 saturated carbocycles. The maximum absolute atomic E-state index is 12.9. The minimum Gasteiger partial charge on any atom is -0.287 e. The summed E-state index contributed by atoms with van der Waals surface area (Å²) in [5.74, 6) is -0.102. The Hall–Kier alpha value is -2.59. The van der Waals surface area contributed by atoms with E-state index in [2.05, 4.69) is 25.9 Å². The van der Waals surface area contributed by atoms with Gasteiger partial charge in [-0.1, -0.05) is 48.5 Å². The first-order valence-electron chi connectivity index (χ1n) is 7.18. The zero-order valence-corrected chi connectivity index (χ0v) is 13.6. The molecular formula is C19H11BrN2O. The first kappa shape index (κ1) is 14.0. The minimum absolute atomic E-state index is 0.102. The number of hydrogen-bond acceptors (Lipinski definition) is 3. The van der Waals surface area contributed by atoms with Crippen molar-refractivity contribution in [1.82, 2.24) is 9.97 Å². The number of nitrogens with zero attached hydrogens (tertiary/aromatic N) is 2. The van der Waals surface area contributed by atoms with Crippen molar-refractivity contribution in [2.75, 3.05) is 0 Å². The van der Waals surface area contributed by atoms with Crippen molar-refractivity contribution in [1.29, 1.82) is 0 Å². The van der Waals surface area contributed by atoms with Gasteiger partial charge in [0.2, 0.25) is 5.78 Å². The number of halogens is 1. The van der Waals surface area contributed by atoms with E-state index in [1.165, 1.54) is 0 Å². The van der Waals surface area contributed by atoms with Gasteiger partial charge in [0.15, 0.2) is 0 Å². The molecule has 2 aromatic heterocycles. The second-order valence-electron chi connectivity index (χ2n) is 5.20. The highest BCUT2D eigenvalue weighted by Gasteiger charge is 2.18. The SMILES string of the molecule is O=C(c1ccccc1)c1nc2ccccc2c2ccnc(Br)c12. The summed E-state index contributed by atoms with van der Waals surface area (Å²) in [6.45, 7) is 0. The van der Waals surface area contributed by atoms with E-state index in [-0.39, 0.29) is 5.78 Å². The average molecular weight is 363 g/mol. The minimum atomic E-state index is -0.102. The summed E-state index contributed by atoms with van der Waals surface area (Å²) in [7, 11) is 0. The molecule has 0 spiro atoms. The fourth-order valence-electron chi connectivity index (χ4n) is 2.75. The molecule has 110 valence electrons. The second kappa shape index (κ2) is 5.56. The highest BCUT2D eigenvalue weighted by atomic mass is 79.9. The average Bonchev–Trinajstić information content (AvgIpc) is 2.61. The number of carbonyl (C=O) groups excluding carboxylic acids is 1. The Morgan fingerprint density at radius 3 is 2.43 bits per heavy atom. The van der Waals surface area contributed by atoms with E-state index in [1.807, 2.05) is 48.5 Å². The predicted octanol–water partition coefficient (Wildman–Crippen LogP) is 4.78. The van der Waals surface area contributed by atoms with Gasteiger partial charge in [-0.05, 0) is 33.4 Å². The lowest BCUT2D eigenvalue weighted by molar-refractivity contribution is 0.103. The number of ketones is 1. The summed E-state index contributed by atoms with van der Waals surface area (Å²) >= 11 is 3.47. The standard InChI is InChI=1S/C19H11BrN2O/c20-19-16-14(10-11-21-19)13-8-4-5-9-15(13)22-17(16)18(23)12-6-2-1-3-7-12/h1-11H. The zero-order chi connectivity index (χ0) is 15.8. The maximum Gasteiger partial charge on any atom is 0.212 e. The Bertz CT molecular complexity index is 1050. The molecule has 0 saturated heterocycles. The van der Waals surface area contributed by atoms with Crippen LogP contribution in [0.5, 0.6) is 0 Å². The van der Waals surface area contributed by atoms with E-state index < -0.39 is 0 Å². The number of rotatable bonds is 2. The lowest BCUT2D eigenvalue weighted by atomic mass is 10.0. The quantitative estimate of drug-likeness (QED) is 0.293. The highest BCUT2D eigenvalue weighted by Crippen LogP contribution is 2.31. The van der Waals surface area contributed by atoms with Crippen LogP contribution in [0.1, 0.15) is 16.1 Å². The van der Waals surface area contributed by atoms with Crippen LogP contribution in [0.2, 0.25) is 0 Å². The third-order valence-corrected chi connectivity index (χ3v) is 4.42. The number of pyridine rings is 2. The Morgan fingerprint density at radius 1 is 0.870 bits per heavy atom. The molecule has 0 fully saturated rings. The van der Waals surface area contributed by atoms with Crippen LogP contribution in [-0.2, 0) is 0 Å². The summed E-state index contributed by atoms with van der Waals surface area (Å²) in [6.07, 6.45) is 1.73. The molecule has 0 aliphatic carbocycles. The van der Waals surface area contributed by atoms with Gasteiger partial charge in [-0.25, -0.2) is 9.97 Å². The molecule has 2 aromatic carbocycles. The van der Waals surface area contributed by atoms with Crippen LogP contribution in [0.25, 0.3) is 21.7 Å². The van der Waals surface area contributed by atoms with Gasteiger partial charge in [0, 0.05) is 22.5 Å². The van der Waals surface area contributed by atoms with Gasteiger partial charge in [0.1, 0.15) is 10.3 Å². The molecule has 0 unspecified atom stereocenters. The van der Waals surface area contributed by atoms with E-state index >= 15 is 0 Å². The van der Waals surface area contributed by atoms with Crippen LogP contribution in [0.4, 0.5) is 0 Å². The van der Waals surface area contributed by atoms with Crippen molar-refractivity contribution >= 4 is 43.4 Å². The van der Waals surface area contributed by atoms with Gasteiger partial charge in [0.05, 0.1) is 5.52 Å². The summed E-state index contributed by atoms with van der Waals surface area (Å²) in [6, 6.07) is 18.9. The number of carbonyl (C=O) groups is 1. The number of benzene rings is 2. The molecule has 3 nitrogen and oxygen atoms in total. The van der Waals surface area contributed by atoms with Crippen molar-refractivity contribution in [2.45, 2.75) is 0 Å². The van der Waals surface area contributed by atoms with E-state index in [1.54, 1.807) is 18.3 Å². The van der Waals surface area contributed by atoms with E-state index in [4.69, 9.17) is 0 Å². The number of hydrogen-bond donors (Lipinski definition) is 0. The molecule has 4 aromatic rings. The van der Waals surface area contributed by atoms with Crippen molar-refractivity contribution in [3.05, 3.63) is 82.7 Å². The van der Waals surface area contributed by atoms with Gasteiger partial charge in [-0.3, -0.25) is 4.79 Å². The number of fused-ring (bicyclic) bond motifs is 3. The molecule has 0 radical (unpaired) electrons. The van der Waals surface area contributed by atoms with Crippen LogP contribution in [0, 0.1) is 0 Å².